The molecule has 0 saturated carbocycles. The van der Waals surface area contributed by atoms with Gasteiger partial charge in [0.1, 0.15) is 0 Å². The molecule has 0 bridgehead atoms. The molecule has 14 heteroatoms. The molecule has 0 spiro atoms. The number of hydrogen-bond donors (Lipinski definition) is 4. The first kappa shape index (κ1) is 18.4. The van der Waals surface area contributed by atoms with Crippen LogP contribution in [0.4, 0.5) is 0 Å². The van der Waals surface area contributed by atoms with Crippen LogP contribution in [-0.2, 0) is 22.3 Å². The second-order valence-corrected chi connectivity index (χ2v) is 5.75. The van der Waals surface area contributed by atoms with Crippen LogP contribution < -0.4 is 56.3 Å². The molecule has 0 aliphatic heterocycles. The zero-order valence-corrected chi connectivity index (χ0v) is 12.4. The molecule has 0 amide bonds. The maximum atomic E-state index is 10.3. The van der Waals surface area contributed by atoms with Crippen molar-refractivity contribution >= 4 is 23.5 Å². The van der Waals surface area contributed by atoms with E-state index in [2.05, 4.69) is 8.62 Å². The molecule has 0 fully saturated rings. The van der Waals surface area contributed by atoms with Gasteiger partial charge in [-0.05, 0) is 0 Å². The fraction of sp³-hybridized carbons (Fsp3) is 0. The summed E-state index contributed by atoms with van der Waals surface area (Å²) < 4.78 is 36.1. The Labute approximate surface area is 120 Å². The molecule has 0 aromatic rings. The largest absolute Gasteiger partial charge is 1.00 e. The van der Waals surface area contributed by atoms with Crippen molar-refractivity contribution in [3.63, 3.8) is 0 Å². The Morgan fingerprint density at radius 3 is 1.50 bits per heavy atom. The molecular weight excluding hydrogens is 292 g/mol. The first-order valence-corrected chi connectivity index (χ1v) is 6.78. The summed E-state index contributed by atoms with van der Waals surface area (Å²) in [5.74, 6) is 0. The van der Waals surface area contributed by atoms with Crippen LogP contribution in [0.1, 0.15) is 0 Å². The van der Waals surface area contributed by atoms with E-state index in [0.717, 1.165) is 0 Å². The van der Waals surface area contributed by atoms with Gasteiger partial charge in [0.25, 0.3) is 7.82 Å². The predicted octanol–water partition coefficient (Wildman–Crippen LogP) is -4.32. The van der Waals surface area contributed by atoms with Gasteiger partial charge >= 0.3 is 67.0 Å². The monoisotopic (exact) mass is 296 g/mol. The van der Waals surface area contributed by atoms with Crippen molar-refractivity contribution in [2.24, 2.45) is 0 Å². The zero-order chi connectivity index (χ0) is 10.9. The van der Waals surface area contributed by atoms with E-state index in [1.54, 1.807) is 0 Å². The van der Waals surface area contributed by atoms with Crippen molar-refractivity contribution in [3.8, 4) is 0 Å². The van der Waals surface area contributed by atoms with Gasteiger partial charge in [0.05, 0.1) is 0 Å². The second-order valence-electron chi connectivity index (χ2n) is 1.59. The average Bonchev–Trinajstić information content (AvgIpc) is 1.43. The van der Waals surface area contributed by atoms with Crippen molar-refractivity contribution in [3.05, 3.63) is 0 Å². The summed E-state index contributed by atoms with van der Waals surface area (Å²) in [6.45, 7) is 0. The van der Waals surface area contributed by atoms with Gasteiger partial charge in [-0.1, -0.05) is 0 Å². The minimum atomic E-state index is -5.60. The van der Waals surface area contributed by atoms with Crippen LogP contribution in [0, 0.1) is 0 Å². The minimum Gasteiger partial charge on any atom is -0.756 e. The maximum absolute atomic E-state index is 10.3. The van der Waals surface area contributed by atoms with Crippen molar-refractivity contribution in [1.29, 1.82) is 0 Å². The average molecular weight is 296 g/mol. The Hall–Kier alpha value is 2.05. The number of phosphoric acid groups is 3. The van der Waals surface area contributed by atoms with E-state index >= 15 is 0 Å². The Morgan fingerprint density at radius 1 is 0.929 bits per heavy atom. The molecule has 0 saturated heterocycles. The molecule has 10 nitrogen and oxygen atoms in total. The van der Waals surface area contributed by atoms with Crippen LogP contribution in [0.3, 0.4) is 0 Å². The molecule has 80 valence electrons. The van der Waals surface area contributed by atoms with E-state index < -0.39 is 23.5 Å². The summed E-state index contributed by atoms with van der Waals surface area (Å²) >= 11 is 0. The van der Waals surface area contributed by atoms with Gasteiger partial charge < -0.3 is 24.5 Å². The molecule has 14 heavy (non-hydrogen) atoms. The van der Waals surface area contributed by atoms with Crippen LogP contribution in [0.15, 0.2) is 0 Å². The summed E-state index contributed by atoms with van der Waals surface area (Å²) in [5, 5.41) is 0. The fourth-order valence-electron chi connectivity index (χ4n) is 0.280. The molecule has 4 N–H and O–H groups in total. The van der Waals surface area contributed by atoms with Crippen LogP contribution >= 0.6 is 23.5 Å². The molecule has 0 radical (unpaired) electrons. The summed E-state index contributed by atoms with van der Waals surface area (Å²) in [7, 11) is -16.5. The molecular formula is H4KO10P3. The van der Waals surface area contributed by atoms with E-state index in [0.29, 0.717) is 0 Å². The standard InChI is InChI=1S/K.H5O10P3/c;1-11(2,3)9-13(7,8)10-12(4,5)6/h;(H,7,8)(H2,1,2,3)(H2,4,5,6)/q+1;/p-1. The quantitative estimate of drug-likeness (QED) is 0.293. The van der Waals surface area contributed by atoms with E-state index in [4.69, 9.17) is 19.6 Å². The van der Waals surface area contributed by atoms with Gasteiger partial charge in [-0.3, -0.25) is 4.57 Å². The van der Waals surface area contributed by atoms with Crippen LogP contribution in [0.25, 0.3) is 0 Å². The second kappa shape index (κ2) is 6.11. The third-order valence-electron chi connectivity index (χ3n) is 0.416. The van der Waals surface area contributed by atoms with E-state index in [1.807, 2.05) is 0 Å². The summed E-state index contributed by atoms with van der Waals surface area (Å²) in [4.78, 5) is 41.9. The normalized spacial score (nSPS) is 20.4. The molecule has 0 aromatic carbocycles. The van der Waals surface area contributed by atoms with Gasteiger partial charge in [-0.15, -0.1) is 0 Å². The third-order valence-corrected chi connectivity index (χ3v) is 3.74. The van der Waals surface area contributed by atoms with Gasteiger partial charge in [-0.25, -0.2) is 13.4 Å². The molecule has 2 unspecified atom stereocenters. The first-order chi connectivity index (χ1) is 5.41. The number of hydrogen-bond acceptors (Lipinski definition) is 6. The van der Waals surface area contributed by atoms with Gasteiger partial charge in [0.2, 0.25) is 0 Å². The topological polar surface area (TPSA) is 174 Å². The molecule has 0 rings (SSSR count). The van der Waals surface area contributed by atoms with Crippen molar-refractivity contribution in [2.45, 2.75) is 0 Å². The predicted molar refractivity (Wildman–Crippen MR) is 33.9 cm³/mol. The Kier molecular flexibility index (Phi) is 8.03. The van der Waals surface area contributed by atoms with Gasteiger partial charge in [-0.2, -0.15) is 4.31 Å². The van der Waals surface area contributed by atoms with Crippen LogP contribution in [0.5, 0.6) is 0 Å². The van der Waals surface area contributed by atoms with Crippen molar-refractivity contribution < 1.29 is 98.2 Å². The maximum Gasteiger partial charge on any atom is 1.00 e. The Balaban J connectivity index is 0. The molecule has 0 aliphatic carbocycles. The Bertz CT molecular complexity index is 277. The molecule has 0 heterocycles. The third kappa shape index (κ3) is 12.1. The van der Waals surface area contributed by atoms with Crippen molar-refractivity contribution in [2.75, 3.05) is 0 Å². The minimum absolute atomic E-state index is 0. The zero-order valence-electron chi connectivity index (χ0n) is 6.58. The van der Waals surface area contributed by atoms with E-state index in [-0.39, 0.29) is 51.4 Å². The fourth-order valence-corrected chi connectivity index (χ4v) is 2.79. The SMILES string of the molecule is O=P([O-])(O)OP(=O)(O)OP(=O)(O)O.[K+]. The van der Waals surface area contributed by atoms with Crippen LogP contribution in [0.2, 0.25) is 0 Å². The first-order valence-electron chi connectivity index (χ1n) is 2.26. The van der Waals surface area contributed by atoms with E-state index in [1.165, 1.54) is 0 Å². The van der Waals surface area contributed by atoms with Gasteiger partial charge in [0, 0.05) is 0 Å². The number of rotatable bonds is 4. The van der Waals surface area contributed by atoms with E-state index in [9.17, 15) is 18.6 Å². The van der Waals surface area contributed by atoms with Gasteiger partial charge in [0.15, 0.2) is 0 Å². The molecule has 0 aromatic heterocycles. The van der Waals surface area contributed by atoms with Crippen LogP contribution in [-0.4, -0.2) is 19.6 Å². The Morgan fingerprint density at radius 2 is 1.29 bits per heavy atom. The summed E-state index contributed by atoms with van der Waals surface area (Å²) in [6, 6.07) is 0. The summed E-state index contributed by atoms with van der Waals surface area (Å²) in [6.07, 6.45) is 0. The molecule has 2 atom stereocenters. The van der Waals surface area contributed by atoms with Crippen molar-refractivity contribution in [1.82, 2.24) is 0 Å². The smallest absolute Gasteiger partial charge is 0.756 e. The summed E-state index contributed by atoms with van der Waals surface area (Å²) in [5.41, 5.74) is 0. The molecule has 0 aliphatic rings.